The molecule has 1 aromatic carbocycles. The Morgan fingerprint density at radius 1 is 1.47 bits per heavy atom. The fourth-order valence-corrected chi connectivity index (χ4v) is 1.89. The van der Waals surface area contributed by atoms with Crippen LogP contribution in [0.4, 0.5) is 0 Å². The zero-order valence-corrected chi connectivity index (χ0v) is 10.5. The number of ether oxygens (including phenoxy) is 1. The highest BCUT2D eigenvalue weighted by molar-refractivity contribution is 9.10. The van der Waals surface area contributed by atoms with Crippen LogP contribution < -0.4 is 14.1 Å². The summed E-state index contributed by atoms with van der Waals surface area (Å²) in [6.45, 7) is 0.810. The lowest BCUT2D eigenvalue weighted by Crippen LogP contribution is -1.99. The number of hydrogen-bond acceptors (Lipinski definition) is 4. The molecule has 0 heterocycles. The molecule has 1 aliphatic carbocycles. The van der Waals surface area contributed by atoms with Gasteiger partial charge in [-0.25, -0.2) is 5.14 Å². The van der Waals surface area contributed by atoms with E-state index < -0.39 is 0 Å². The molecule has 1 saturated carbocycles. The van der Waals surface area contributed by atoms with Crippen molar-refractivity contribution in [3.63, 3.8) is 0 Å². The van der Waals surface area contributed by atoms with Crippen molar-refractivity contribution in [3.8, 4) is 11.5 Å². The maximum absolute atomic E-state index is 5.65. The molecular weight excluding hydrogens is 278 g/mol. The molecule has 0 atom stereocenters. The summed E-state index contributed by atoms with van der Waals surface area (Å²) in [4.78, 5) is 0. The van der Waals surface area contributed by atoms with Crippen molar-refractivity contribution < 1.29 is 8.92 Å². The van der Waals surface area contributed by atoms with E-state index in [0.717, 1.165) is 35.0 Å². The molecule has 2 N–H and O–H groups in total. The number of benzene rings is 1. The Labute approximate surface area is 102 Å². The lowest BCUT2D eigenvalue weighted by atomic mass is 10.3. The van der Waals surface area contributed by atoms with Crippen LogP contribution in [0.3, 0.4) is 0 Å². The van der Waals surface area contributed by atoms with E-state index in [2.05, 4.69) is 15.9 Å². The van der Waals surface area contributed by atoms with E-state index >= 15 is 0 Å². The first kappa shape index (κ1) is 11.1. The lowest BCUT2D eigenvalue weighted by Gasteiger charge is -2.08. The Bertz CT molecular complexity index is 344. The maximum atomic E-state index is 5.65. The minimum absolute atomic E-state index is 0.716. The van der Waals surface area contributed by atoms with Gasteiger partial charge in [0.05, 0.1) is 11.1 Å². The Hall–Kier alpha value is -0.390. The van der Waals surface area contributed by atoms with Crippen LogP contribution in [0.2, 0.25) is 0 Å². The van der Waals surface area contributed by atoms with Crippen LogP contribution in [0.5, 0.6) is 11.5 Å². The molecule has 82 valence electrons. The van der Waals surface area contributed by atoms with Crippen LogP contribution in [0.15, 0.2) is 22.7 Å². The second-order valence-corrected chi connectivity index (χ2v) is 4.74. The Kier molecular flexibility index (Phi) is 3.77. The lowest BCUT2D eigenvalue weighted by molar-refractivity contribution is 0.298. The molecule has 0 aliphatic heterocycles. The zero-order chi connectivity index (χ0) is 10.7. The first-order valence-corrected chi connectivity index (χ1v) is 6.35. The summed E-state index contributed by atoms with van der Waals surface area (Å²) in [5, 5.41) is 5.20. The van der Waals surface area contributed by atoms with Crippen molar-refractivity contribution in [2.45, 2.75) is 12.8 Å². The van der Waals surface area contributed by atoms with Crippen LogP contribution in [0, 0.1) is 5.92 Å². The summed E-state index contributed by atoms with van der Waals surface area (Å²) in [7, 11) is 0. The van der Waals surface area contributed by atoms with Gasteiger partial charge >= 0.3 is 0 Å². The number of halogens is 1. The van der Waals surface area contributed by atoms with E-state index in [4.69, 9.17) is 14.1 Å². The third-order valence-electron chi connectivity index (χ3n) is 2.22. The van der Waals surface area contributed by atoms with Crippen LogP contribution >= 0.6 is 28.2 Å². The summed E-state index contributed by atoms with van der Waals surface area (Å²) in [6, 6.07) is 5.58. The Morgan fingerprint density at radius 3 is 2.87 bits per heavy atom. The van der Waals surface area contributed by atoms with E-state index in [0.29, 0.717) is 5.75 Å². The van der Waals surface area contributed by atoms with E-state index in [9.17, 15) is 0 Å². The predicted octanol–water partition coefficient (Wildman–Crippen LogP) is 3.14. The summed E-state index contributed by atoms with van der Waals surface area (Å²) >= 11 is 4.27. The topological polar surface area (TPSA) is 44.5 Å². The first-order chi connectivity index (χ1) is 7.29. The monoisotopic (exact) mass is 289 g/mol. The van der Waals surface area contributed by atoms with Crippen molar-refractivity contribution in [1.82, 2.24) is 0 Å². The molecule has 0 unspecified atom stereocenters. The van der Waals surface area contributed by atoms with Gasteiger partial charge in [0, 0.05) is 0 Å². The molecule has 1 aromatic rings. The highest BCUT2D eigenvalue weighted by atomic mass is 79.9. The van der Waals surface area contributed by atoms with Crippen LogP contribution in [-0.4, -0.2) is 6.61 Å². The zero-order valence-electron chi connectivity index (χ0n) is 8.11. The molecule has 1 fully saturated rings. The molecule has 15 heavy (non-hydrogen) atoms. The normalized spacial score (nSPS) is 15.1. The Morgan fingerprint density at radius 2 is 2.27 bits per heavy atom. The van der Waals surface area contributed by atoms with Gasteiger partial charge in [0.2, 0.25) is 0 Å². The summed E-state index contributed by atoms with van der Waals surface area (Å²) in [6.07, 6.45) is 2.59. The third-order valence-corrected chi connectivity index (χ3v) is 3.13. The van der Waals surface area contributed by atoms with Crippen molar-refractivity contribution in [1.29, 1.82) is 0 Å². The average Bonchev–Trinajstić information content (AvgIpc) is 3.01. The molecule has 5 heteroatoms. The molecule has 0 radical (unpaired) electrons. The molecular formula is C10H12BrNO2S. The van der Waals surface area contributed by atoms with Crippen LogP contribution in [0.1, 0.15) is 12.8 Å². The highest BCUT2D eigenvalue weighted by Crippen LogP contribution is 2.33. The minimum atomic E-state index is 0.716. The second-order valence-electron chi connectivity index (χ2n) is 3.53. The van der Waals surface area contributed by atoms with Crippen molar-refractivity contribution >= 4 is 28.2 Å². The molecule has 3 nitrogen and oxygen atoms in total. The fourth-order valence-electron chi connectivity index (χ4n) is 1.20. The van der Waals surface area contributed by atoms with Gasteiger partial charge in [0.25, 0.3) is 0 Å². The molecule has 0 amide bonds. The van der Waals surface area contributed by atoms with Gasteiger partial charge in [0.1, 0.15) is 23.7 Å². The van der Waals surface area contributed by atoms with Gasteiger partial charge in [-0.3, -0.25) is 0 Å². The predicted molar refractivity (Wildman–Crippen MR) is 64.8 cm³/mol. The minimum Gasteiger partial charge on any atom is -0.492 e. The summed E-state index contributed by atoms with van der Waals surface area (Å²) < 4.78 is 11.6. The number of rotatable bonds is 5. The van der Waals surface area contributed by atoms with E-state index in [1.54, 1.807) is 0 Å². The molecule has 2 rings (SSSR count). The van der Waals surface area contributed by atoms with Gasteiger partial charge in [-0.05, 0) is 52.9 Å². The molecule has 0 aromatic heterocycles. The first-order valence-electron chi connectivity index (χ1n) is 4.75. The summed E-state index contributed by atoms with van der Waals surface area (Å²) in [5.41, 5.74) is 0. The van der Waals surface area contributed by atoms with Crippen molar-refractivity contribution in [3.05, 3.63) is 22.7 Å². The van der Waals surface area contributed by atoms with Crippen LogP contribution in [-0.2, 0) is 0 Å². The fraction of sp³-hybridized carbons (Fsp3) is 0.400. The standard InChI is InChI=1S/C10H12BrNO2S/c11-9-5-8(14-15-12)3-4-10(9)13-6-7-1-2-7/h3-5,7H,1-2,6,12H2. The maximum Gasteiger partial charge on any atom is 0.140 e. The quantitative estimate of drug-likeness (QED) is 0.668. The van der Waals surface area contributed by atoms with Crippen molar-refractivity contribution in [2.75, 3.05) is 6.61 Å². The molecule has 0 spiro atoms. The van der Waals surface area contributed by atoms with Crippen molar-refractivity contribution in [2.24, 2.45) is 11.1 Å². The Balaban J connectivity index is 1.97. The van der Waals surface area contributed by atoms with Gasteiger partial charge in [-0.15, -0.1) is 0 Å². The SMILES string of the molecule is NSOc1ccc(OCC2CC2)c(Br)c1. The number of hydrogen-bond donors (Lipinski definition) is 1. The average molecular weight is 290 g/mol. The largest absolute Gasteiger partial charge is 0.492 e. The summed E-state index contributed by atoms with van der Waals surface area (Å²) in [5.74, 6) is 2.33. The third kappa shape index (κ3) is 3.29. The van der Waals surface area contributed by atoms with Crippen LogP contribution in [0.25, 0.3) is 0 Å². The second kappa shape index (κ2) is 5.09. The molecule has 1 aliphatic rings. The van der Waals surface area contributed by atoms with E-state index in [1.807, 2.05) is 18.2 Å². The van der Waals surface area contributed by atoms with Gasteiger partial charge in [-0.2, -0.15) is 0 Å². The van der Waals surface area contributed by atoms with Gasteiger partial charge in [-0.1, -0.05) is 0 Å². The van der Waals surface area contributed by atoms with E-state index in [1.165, 1.54) is 12.8 Å². The van der Waals surface area contributed by atoms with Gasteiger partial charge < -0.3 is 8.92 Å². The number of nitrogens with two attached hydrogens (primary N) is 1. The molecule has 0 saturated heterocycles. The molecule has 0 bridgehead atoms. The van der Waals surface area contributed by atoms with Gasteiger partial charge in [0.15, 0.2) is 0 Å². The van der Waals surface area contributed by atoms with E-state index in [-0.39, 0.29) is 0 Å². The highest BCUT2D eigenvalue weighted by Gasteiger charge is 2.22. The smallest absolute Gasteiger partial charge is 0.140 e.